The molecular weight excluding hydrogens is 252 g/mol. The zero-order valence-corrected chi connectivity index (χ0v) is 12.9. The largest absolute Gasteiger partial charge is 0.466 e. The summed E-state index contributed by atoms with van der Waals surface area (Å²) in [5.41, 5.74) is 2.62. The number of rotatable bonds is 10. The van der Waals surface area contributed by atoms with Crippen LogP contribution >= 0.6 is 0 Å². The summed E-state index contributed by atoms with van der Waals surface area (Å²) in [6.07, 6.45) is 13.9. The molecule has 0 aromatic heterocycles. The molecule has 0 aliphatic carbocycles. The van der Waals surface area contributed by atoms with Gasteiger partial charge in [-0.1, -0.05) is 29.4 Å². The molecule has 0 rings (SSSR count). The molecule has 0 bridgehead atoms. The molecule has 0 N–H and O–H groups in total. The summed E-state index contributed by atoms with van der Waals surface area (Å²) in [4.78, 5) is 21.2. The minimum Gasteiger partial charge on any atom is -0.466 e. The molecule has 0 aromatic carbocycles. The fourth-order valence-corrected chi connectivity index (χ4v) is 1.67. The van der Waals surface area contributed by atoms with E-state index in [4.69, 9.17) is 0 Å². The fraction of sp³-hybridized carbons (Fsp3) is 0.529. The number of esters is 1. The second-order valence-corrected chi connectivity index (χ2v) is 4.95. The van der Waals surface area contributed by atoms with E-state index in [1.54, 1.807) is 0 Å². The lowest BCUT2D eigenvalue weighted by atomic mass is 10.0. The zero-order chi connectivity index (χ0) is 15.2. The van der Waals surface area contributed by atoms with Gasteiger partial charge in [-0.2, -0.15) is 0 Å². The Bertz CT molecular complexity index is 372. The van der Waals surface area contributed by atoms with E-state index >= 15 is 0 Å². The third-order valence-corrected chi connectivity index (χ3v) is 2.81. The number of methoxy groups -OCH3 is 1. The normalized spacial score (nSPS) is 11.4. The highest BCUT2D eigenvalue weighted by molar-refractivity contribution is 5.81. The maximum atomic E-state index is 10.9. The molecule has 0 saturated heterocycles. The van der Waals surface area contributed by atoms with Crippen molar-refractivity contribution in [2.24, 2.45) is 0 Å². The molecule has 112 valence electrons. The van der Waals surface area contributed by atoms with Crippen molar-refractivity contribution in [3.05, 3.63) is 35.5 Å². The zero-order valence-electron chi connectivity index (χ0n) is 12.9. The SMILES string of the molecule is COC(=O)/C=C/CC/C(=C\C=C(C)C)CCCCC=O. The summed E-state index contributed by atoms with van der Waals surface area (Å²) < 4.78 is 4.55. The van der Waals surface area contributed by atoms with E-state index in [1.807, 2.05) is 6.08 Å². The first-order valence-electron chi connectivity index (χ1n) is 7.11. The summed E-state index contributed by atoms with van der Waals surface area (Å²) in [5, 5.41) is 0. The number of hydrogen-bond donors (Lipinski definition) is 0. The fourth-order valence-electron chi connectivity index (χ4n) is 1.67. The number of carbonyl (C=O) groups excluding carboxylic acids is 2. The lowest BCUT2D eigenvalue weighted by Gasteiger charge is -2.05. The van der Waals surface area contributed by atoms with Gasteiger partial charge in [-0.25, -0.2) is 4.79 Å². The van der Waals surface area contributed by atoms with Gasteiger partial charge in [-0.15, -0.1) is 0 Å². The van der Waals surface area contributed by atoms with Gasteiger partial charge in [0.25, 0.3) is 0 Å². The topological polar surface area (TPSA) is 43.4 Å². The van der Waals surface area contributed by atoms with Crippen molar-refractivity contribution in [2.75, 3.05) is 7.11 Å². The molecule has 0 unspecified atom stereocenters. The van der Waals surface area contributed by atoms with Gasteiger partial charge >= 0.3 is 5.97 Å². The molecular formula is C17H26O3. The molecule has 0 radical (unpaired) electrons. The molecule has 0 aliphatic rings. The molecule has 3 nitrogen and oxygen atoms in total. The van der Waals surface area contributed by atoms with Crippen LogP contribution in [0.3, 0.4) is 0 Å². The third-order valence-electron chi connectivity index (χ3n) is 2.81. The van der Waals surface area contributed by atoms with Crippen molar-refractivity contribution in [2.45, 2.75) is 52.4 Å². The lowest BCUT2D eigenvalue weighted by molar-refractivity contribution is -0.134. The summed E-state index contributed by atoms with van der Waals surface area (Å²) in [5.74, 6) is -0.314. The van der Waals surface area contributed by atoms with Gasteiger partial charge in [0.15, 0.2) is 0 Å². The predicted molar refractivity (Wildman–Crippen MR) is 82.4 cm³/mol. The van der Waals surface area contributed by atoms with Crippen LogP contribution in [0.25, 0.3) is 0 Å². The van der Waals surface area contributed by atoms with E-state index in [0.717, 1.165) is 38.4 Å². The van der Waals surface area contributed by atoms with Gasteiger partial charge in [-0.05, 0) is 46.0 Å². The number of allylic oxidation sites excluding steroid dienone is 5. The Balaban J connectivity index is 4.28. The van der Waals surface area contributed by atoms with Gasteiger partial charge in [0.1, 0.15) is 6.29 Å². The average Bonchev–Trinajstić information content (AvgIpc) is 2.43. The molecule has 0 fully saturated rings. The van der Waals surface area contributed by atoms with Crippen LogP contribution in [0, 0.1) is 0 Å². The average molecular weight is 278 g/mol. The molecule has 0 heterocycles. The first-order chi connectivity index (χ1) is 9.60. The smallest absolute Gasteiger partial charge is 0.330 e. The summed E-state index contributed by atoms with van der Waals surface area (Å²) in [7, 11) is 1.37. The van der Waals surface area contributed by atoms with Crippen molar-refractivity contribution in [1.29, 1.82) is 0 Å². The Morgan fingerprint density at radius 2 is 1.80 bits per heavy atom. The highest BCUT2D eigenvalue weighted by atomic mass is 16.5. The Hall–Kier alpha value is -1.64. The van der Waals surface area contributed by atoms with Crippen LogP contribution < -0.4 is 0 Å². The van der Waals surface area contributed by atoms with Crippen LogP contribution in [0.15, 0.2) is 35.5 Å². The van der Waals surface area contributed by atoms with Gasteiger partial charge in [0.05, 0.1) is 7.11 Å². The van der Waals surface area contributed by atoms with E-state index in [0.29, 0.717) is 6.42 Å². The lowest BCUT2D eigenvalue weighted by Crippen LogP contribution is -1.93. The van der Waals surface area contributed by atoms with E-state index in [9.17, 15) is 9.59 Å². The van der Waals surface area contributed by atoms with E-state index in [-0.39, 0.29) is 5.97 Å². The molecule has 3 heteroatoms. The van der Waals surface area contributed by atoms with E-state index in [1.165, 1.54) is 24.3 Å². The van der Waals surface area contributed by atoms with Crippen LogP contribution in [-0.2, 0) is 14.3 Å². The van der Waals surface area contributed by atoms with Crippen LogP contribution in [0.4, 0.5) is 0 Å². The molecule has 0 amide bonds. The van der Waals surface area contributed by atoms with Crippen molar-refractivity contribution in [1.82, 2.24) is 0 Å². The highest BCUT2D eigenvalue weighted by Crippen LogP contribution is 2.15. The first kappa shape index (κ1) is 18.4. The number of carbonyl (C=O) groups is 2. The van der Waals surface area contributed by atoms with E-state index < -0.39 is 0 Å². The van der Waals surface area contributed by atoms with Gasteiger partial charge in [-0.3, -0.25) is 0 Å². The van der Waals surface area contributed by atoms with Crippen LogP contribution in [0.2, 0.25) is 0 Å². The number of unbranched alkanes of at least 4 members (excludes halogenated alkanes) is 2. The van der Waals surface area contributed by atoms with Gasteiger partial charge < -0.3 is 9.53 Å². The summed E-state index contributed by atoms with van der Waals surface area (Å²) in [6, 6.07) is 0. The van der Waals surface area contributed by atoms with Crippen molar-refractivity contribution in [3.63, 3.8) is 0 Å². The van der Waals surface area contributed by atoms with Crippen molar-refractivity contribution < 1.29 is 14.3 Å². The highest BCUT2D eigenvalue weighted by Gasteiger charge is 1.97. The number of hydrogen-bond acceptors (Lipinski definition) is 3. The maximum absolute atomic E-state index is 10.9. The maximum Gasteiger partial charge on any atom is 0.330 e. The van der Waals surface area contributed by atoms with Crippen LogP contribution in [0.5, 0.6) is 0 Å². The summed E-state index contributed by atoms with van der Waals surface area (Å²) in [6.45, 7) is 4.13. The molecule has 0 saturated carbocycles. The monoisotopic (exact) mass is 278 g/mol. The predicted octanol–water partition coefficient (Wildman–Crippen LogP) is 4.15. The Morgan fingerprint density at radius 1 is 1.05 bits per heavy atom. The summed E-state index contributed by atoms with van der Waals surface area (Å²) >= 11 is 0. The second-order valence-electron chi connectivity index (χ2n) is 4.95. The number of aldehydes is 1. The van der Waals surface area contributed by atoms with Crippen LogP contribution in [-0.4, -0.2) is 19.4 Å². The van der Waals surface area contributed by atoms with Crippen LogP contribution in [0.1, 0.15) is 52.4 Å². The third kappa shape index (κ3) is 11.5. The quantitative estimate of drug-likeness (QED) is 0.198. The minimum absolute atomic E-state index is 0.314. The molecule has 0 aromatic rings. The Labute approximate surface area is 122 Å². The minimum atomic E-state index is -0.314. The van der Waals surface area contributed by atoms with Gasteiger partial charge in [0, 0.05) is 12.5 Å². The Kier molecular flexibility index (Phi) is 11.4. The second kappa shape index (κ2) is 12.4. The molecule has 20 heavy (non-hydrogen) atoms. The molecule has 0 aliphatic heterocycles. The molecule has 0 spiro atoms. The van der Waals surface area contributed by atoms with Gasteiger partial charge in [0.2, 0.25) is 0 Å². The standard InChI is InChI=1S/C17H26O3/c1-15(2)12-13-16(9-5-4-8-14-18)10-6-7-11-17(19)20-3/h7,11-14H,4-6,8-10H2,1-3H3/b11-7+,16-13-. The van der Waals surface area contributed by atoms with Crippen molar-refractivity contribution >= 4 is 12.3 Å². The number of ether oxygens (including phenoxy) is 1. The first-order valence-corrected chi connectivity index (χ1v) is 7.11. The Morgan fingerprint density at radius 3 is 2.40 bits per heavy atom. The molecule has 0 atom stereocenters. The van der Waals surface area contributed by atoms with E-state index in [2.05, 4.69) is 30.7 Å². The van der Waals surface area contributed by atoms with Crippen molar-refractivity contribution in [3.8, 4) is 0 Å².